The highest BCUT2D eigenvalue weighted by atomic mass is 16.5. The van der Waals surface area contributed by atoms with Crippen molar-refractivity contribution >= 4 is 17.7 Å². The summed E-state index contributed by atoms with van der Waals surface area (Å²) in [7, 11) is 0. The maximum absolute atomic E-state index is 10.7. The second-order valence-corrected chi connectivity index (χ2v) is 5.74. The van der Waals surface area contributed by atoms with Gasteiger partial charge in [0.2, 0.25) is 5.95 Å². The minimum absolute atomic E-state index is 0.126. The number of ether oxygens (including phenoxy) is 1. The van der Waals surface area contributed by atoms with Gasteiger partial charge in [-0.2, -0.15) is 4.98 Å². The van der Waals surface area contributed by atoms with E-state index in [1.807, 2.05) is 13.8 Å². The molecule has 1 saturated heterocycles. The predicted molar refractivity (Wildman–Crippen MR) is 79.6 cm³/mol. The zero-order valence-electron chi connectivity index (χ0n) is 12.5. The summed E-state index contributed by atoms with van der Waals surface area (Å²) in [6.45, 7) is 6.87. The lowest BCUT2D eigenvalue weighted by Gasteiger charge is -2.29. The van der Waals surface area contributed by atoms with Crippen LogP contribution in [0.15, 0.2) is 12.3 Å². The number of carboxylic acids is 1. The number of aliphatic carboxylic acids is 1. The van der Waals surface area contributed by atoms with Crippen molar-refractivity contribution in [1.29, 1.82) is 0 Å². The van der Waals surface area contributed by atoms with Crippen LogP contribution in [0.1, 0.15) is 26.7 Å². The molecule has 0 unspecified atom stereocenters. The number of hydrogen-bond donors (Lipinski definition) is 2. The van der Waals surface area contributed by atoms with Crippen LogP contribution in [-0.4, -0.2) is 52.9 Å². The summed E-state index contributed by atoms with van der Waals surface area (Å²) in [5.41, 5.74) is -0.338. The molecule has 0 spiro atoms. The molecule has 0 radical (unpaired) electrons. The van der Waals surface area contributed by atoms with Crippen LogP contribution in [0.5, 0.6) is 0 Å². The zero-order valence-corrected chi connectivity index (χ0v) is 12.5. The second kappa shape index (κ2) is 6.71. The third kappa shape index (κ3) is 4.86. The second-order valence-electron chi connectivity index (χ2n) is 5.74. The van der Waals surface area contributed by atoms with Crippen molar-refractivity contribution in [2.75, 3.05) is 36.5 Å². The molecule has 0 amide bonds. The van der Waals surface area contributed by atoms with Gasteiger partial charge in [-0.3, -0.25) is 4.79 Å². The highest BCUT2D eigenvalue weighted by molar-refractivity contribution is 5.66. The first-order valence-corrected chi connectivity index (χ1v) is 7.12. The molecule has 1 aliphatic rings. The first kappa shape index (κ1) is 15.5. The lowest BCUT2D eigenvalue weighted by atomic mass is 9.98. The SMILES string of the molecule is CC(C)(CCC(=O)O)Nc1ccnc(N2CCOCC2)n1. The number of morpholine rings is 1. The first-order valence-electron chi connectivity index (χ1n) is 7.12. The fraction of sp³-hybridized carbons (Fsp3) is 0.643. The summed E-state index contributed by atoms with van der Waals surface area (Å²) >= 11 is 0. The Bertz CT molecular complexity index is 487. The number of aromatic nitrogens is 2. The van der Waals surface area contributed by atoms with E-state index in [1.165, 1.54) is 0 Å². The summed E-state index contributed by atoms with van der Waals surface area (Å²) in [5, 5.41) is 12.1. The molecule has 2 rings (SSSR count). The maximum Gasteiger partial charge on any atom is 0.303 e. The van der Waals surface area contributed by atoms with Gasteiger partial charge in [0, 0.05) is 31.2 Å². The predicted octanol–water partition coefficient (Wildman–Crippen LogP) is 1.37. The lowest BCUT2D eigenvalue weighted by molar-refractivity contribution is -0.137. The molecule has 21 heavy (non-hydrogen) atoms. The van der Waals surface area contributed by atoms with Gasteiger partial charge in [-0.15, -0.1) is 0 Å². The summed E-state index contributed by atoms with van der Waals surface area (Å²) in [6.07, 6.45) is 2.37. The van der Waals surface area contributed by atoms with E-state index in [-0.39, 0.29) is 12.0 Å². The minimum atomic E-state index is -0.790. The van der Waals surface area contributed by atoms with E-state index >= 15 is 0 Å². The molecule has 1 fully saturated rings. The Balaban J connectivity index is 2.01. The number of carboxylic acid groups (broad SMARTS) is 1. The van der Waals surface area contributed by atoms with Crippen LogP contribution < -0.4 is 10.2 Å². The number of hydrogen-bond acceptors (Lipinski definition) is 6. The normalized spacial score (nSPS) is 15.8. The maximum atomic E-state index is 10.7. The van der Waals surface area contributed by atoms with Gasteiger partial charge in [0.1, 0.15) is 5.82 Å². The Hall–Kier alpha value is -1.89. The van der Waals surface area contributed by atoms with E-state index in [0.717, 1.165) is 13.1 Å². The molecule has 7 heteroatoms. The average molecular weight is 294 g/mol. The molecule has 0 saturated carbocycles. The Labute approximate surface area is 124 Å². The van der Waals surface area contributed by atoms with E-state index in [4.69, 9.17) is 9.84 Å². The van der Waals surface area contributed by atoms with Crippen molar-refractivity contribution in [3.05, 3.63) is 12.3 Å². The van der Waals surface area contributed by atoms with Gasteiger partial charge in [0.15, 0.2) is 0 Å². The summed E-state index contributed by atoms with van der Waals surface area (Å²) in [4.78, 5) is 21.6. The quantitative estimate of drug-likeness (QED) is 0.819. The van der Waals surface area contributed by atoms with Gasteiger partial charge >= 0.3 is 5.97 Å². The third-order valence-electron chi connectivity index (χ3n) is 3.37. The highest BCUT2D eigenvalue weighted by Gasteiger charge is 2.20. The third-order valence-corrected chi connectivity index (χ3v) is 3.37. The molecule has 0 aromatic carbocycles. The molecule has 1 aliphatic heterocycles. The van der Waals surface area contributed by atoms with Gasteiger partial charge < -0.3 is 20.1 Å². The molecule has 0 atom stereocenters. The van der Waals surface area contributed by atoms with Crippen molar-refractivity contribution in [2.24, 2.45) is 0 Å². The number of carbonyl (C=O) groups is 1. The molecule has 1 aromatic heterocycles. The van der Waals surface area contributed by atoms with Crippen LogP contribution in [0.3, 0.4) is 0 Å². The van der Waals surface area contributed by atoms with Crippen LogP contribution in [0.25, 0.3) is 0 Å². The minimum Gasteiger partial charge on any atom is -0.481 e. The summed E-state index contributed by atoms with van der Waals surface area (Å²) < 4.78 is 5.32. The highest BCUT2D eigenvalue weighted by Crippen LogP contribution is 2.20. The average Bonchev–Trinajstić information content (AvgIpc) is 2.46. The lowest BCUT2D eigenvalue weighted by Crippen LogP contribution is -2.38. The Kier molecular flexibility index (Phi) is 4.95. The van der Waals surface area contributed by atoms with Crippen molar-refractivity contribution in [2.45, 2.75) is 32.2 Å². The van der Waals surface area contributed by atoms with E-state index < -0.39 is 5.97 Å². The smallest absolute Gasteiger partial charge is 0.303 e. The van der Waals surface area contributed by atoms with Crippen LogP contribution in [0.4, 0.5) is 11.8 Å². The first-order chi connectivity index (χ1) is 9.96. The van der Waals surface area contributed by atoms with Crippen LogP contribution >= 0.6 is 0 Å². The van der Waals surface area contributed by atoms with Gasteiger partial charge in [-0.05, 0) is 26.3 Å². The standard InChI is InChI=1S/C14H22N4O3/c1-14(2,5-3-12(19)20)17-11-4-6-15-13(16-11)18-7-9-21-10-8-18/h4,6H,3,5,7-10H2,1-2H3,(H,19,20)(H,15,16,17). The van der Waals surface area contributed by atoms with Crippen LogP contribution in [-0.2, 0) is 9.53 Å². The molecule has 7 nitrogen and oxygen atoms in total. The van der Waals surface area contributed by atoms with Gasteiger partial charge in [0.25, 0.3) is 0 Å². The van der Waals surface area contributed by atoms with Crippen LogP contribution in [0.2, 0.25) is 0 Å². The summed E-state index contributed by atoms with van der Waals surface area (Å²) in [6, 6.07) is 1.80. The monoisotopic (exact) mass is 294 g/mol. The molecule has 0 bridgehead atoms. The van der Waals surface area contributed by atoms with E-state index in [9.17, 15) is 4.79 Å². The van der Waals surface area contributed by atoms with Crippen molar-refractivity contribution in [3.8, 4) is 0 Å². The largest absolute Gasteiger partial charge is 0.481 e. The van der Waals surface area contributed by atoms with E-state index in [1.54, 1.807) is 12.3 Å². The van der Waals surface area contributed by atoms with Crippen molar-refractivity contribution < 1.29 is 14.6 Å². The van der Waals surface area contributed by atoms with Gasteiger partial charge in [-0.25, -0.2) is 4.98 Å². The number of nitrogens with one attached hydrogen (secondary N) is 1. The molecular formula is C14H22N4O3. The molecule has 2 heterocycles. The van der Waals surface area contributed by atoms with Crippen molar-refractivity contribution in [1.82, 2.24) is 9.97 Å². The van der Waals surface area contributed by atoms with E-state index in [0.29, 0.717) is 31.4 Å². The molecule has 0 aliphatic carbocycles. The molecule has 116 valence electrons. The Morgan fingerprint density at radius 2 is 2.19 bits per heavy atom. The fourth-order valence-corrected chi connectivity index (χ4v) is 2.16. The number of rotatable bonds is 6. The number of anilines is 2. The van der Waals surface area contributed by atoms with Gasteiger partial charge in [-0.1, -0.05) is 0 Å². The van der Waals surface area contributed by atoms with Gasteiger partial charge in [0.05, 0.1) is 13.2 Å². The molecular weight excluding hydrogens is 272 g/mol. The Morgan fingerprint density at radius 3 is 2.86 bits per heavy atom. The number of nitrogens with zero attached hydrogens (tertiary/aromatic N) is 3. The van der Waals surface area contributed by atoms with Crippen LogP contribution in [0, 0.1) is 0 Å². The topological polar surface area (TPSA) is 87.6 Å². The molecule has 1 aromatic rings. The van der Waals surface area contributed by atoms with Crippen molar-refractivity contribution in [3.63, 3.8) is 0 Å². The van der Waals surface area contributed by atoms with E-state index in [2.05, 4.69) is 20.2 Å². The zero-order chi connectivity index (χ0) is 15.3. The molecule has 2 N–H and O–H groups in total. The summed E-state index contributed by atoms with van der Waals surface area (Å²) in [5.74, 6) is 0.598. The Morgan fingerprint density at radius 1 is 1.48 bits per heavy atom. The fourth-order valence-electron chi connectivity index (χ4n) is 2.16.